The van der Waals surface area contributed by atoms with E-state index in [2.05, 4.69) is 0 Å². The van der Waals surface area contributed by atoms with E-state index >= 15 is 0 Å². The van der Waals surface area contributed by atoms with Crippen LogP contribution in [0.3, 0.4) is 0 Å². The highest BCUT2D eigenvalue weighted by atomic mass is 35.5. The monoisotopic (exact) mass is 339 g/mol. The van der Waals surface area contributed by atoms with Crippen LogP contribution in [0.5, 0.6) is 0 Å². The fraction of sp³-hybridized carbons (Fsp3) is 0.188. The van der Waals surface area contributed by atoms with Crippen molar-refractivity contribution in [2.45, 2.75) is 12.1 Å². The highest BCUT2D eigenvalue weighted by Gasteiger charge is 2.43. The van der Waals surface area contributed by atoms with Gasteiger partial charge in [0.05, 0.1) is 6.61 Å². The molecule has 0 aliphatic carbocycles. The van der Waals surface area contributed by atoms with Crippen LogP contribution in [0.4, 0.5) is 19.3 Å². The van der Waals surface area contributed by atoms with Crippen LogP contribution in [-0.2, 0) is 4.74 Å². The van der Waals surface area contributed by atoms with Crippen molar-refractivity contribution in [1.29, 1.82) is 0 Å². The number of ether oxygens (including phenoxy) is 1. The van der Waals surface area contributed by atoms with E-state index in [-0.39, 0.29) is 5.56 Å². The molecule has 0 radical (unpaired) electrons. The number of benzene rings is 2. The Kier molecular flexibility index (Phi) is 4.19. The Bertz CT molecular complexity index is 718. The standard InChI is InChI=1S/C16H12ClF2NO3/c17-10-1-3-13(4-2-10)20-15(14(8-21)23-16(20)22)9-5-11(18)7-12(19)6-9/h1-7,14-15,21H,8H2/t14-,15-/m0/s1. The predicted octanol–water partition coefficient (Wildman–Crippen LogP) is 3.68. The number of halogens is 3. The lowest BCUT2D eigenvalue weighted by molar-refractivity contribution is 0.0829. The number of cyclic esters (lactones) is 1. The van der Waals surface area contributed by atoms with Crippen molar-refractivity contribution in [3.05, 3.63) is 64.7 Å². The van der Waals surface area contributed by atoms with E-state index in [1.165, 1.54) is 4.90 Å². The van der Waals surface area contributed by atoms with Crippen LogP contribution >= 0.6 is 11.6 Å². The molecule has 1 amide bonds. The number of hydrogen-bond donors (Lipinski definition) is 1. The summed E-state index contributed by atoms with van der Waals surface area (Å²) in [5, 5.41) is 9.93. The van der Waals surface area contributed by atoms with Gasteiger partial charge in [0.15, 0.2) is 6.10 Å². The van der Waals surface area contributed by atoms with Crippen LogP contribution in [0.1, 0.15) is 11.6 Å². The van der Waals surface area contributed by atoms with Crippen molar-refractivity contribution in [2.75, 3.05) is 11.5 Å². The number of carbonyl (C=O) groups is 1. The molecule has 1 fully saturated rings. The van der Waals surface area contributed by atoms with Crippen LogP contribution in [0.25, 0.3) is 0 Å². The summed E-state index contributed by atoms with van der Waals surface area (Å²) in [6, 6.07) is 8.46. The van der Waals surface area contributed by atoms with Gasteiger partial charge in [-0.3, -0.25) is 4.90 Å². The summed E-state index contributed by atoms with van der Waals surface area (Å²) in [4.78, 5) is 13.4. The van der Waals surface area contributed by atoms with Crippen LogP contribution < -0.4 is 4.90 Å². The molecule has 3 rings (SSSR count). The minimum Gasteiger partial charge on any atom is -0.441 e. The lowest BCUT2D eigenvalue weighted by Gasteiger charge is -2.24. The second-order valence-electron chi connectivity index (χ2n) is 5.10. The van der Waals surface area contributed by atoms with Gasteiger partial charge in [-0.1, -0.05) is 11.6 Å². The number of hydrogen-bond acceptors (Lipinski definition) is 3. The normalized spacial score (nSPS) is 20.7. The molecule has 1 saturated heterocycles. The Morgan fingerprint density at radius 2 is 1.74 bits per heavy atom. The first-order chi connectivity index (χ1) is 11.0. The summed E-state index contributed by atoms with van der Waals surface area (Å²) < 4.78 is 32.2. The van der Waals surface area contributed by atoms with Gasteiger partial charge >= 0.3 is 6.09 Å². The average molecular weight is 340 g/mol. The van der Waals surface area contributed by atoms with Gasteiger partial charge in [-0.25, -0.2) is 13.6 Å². The summed E-state index contributed by atoms with van der Waals surface area (Å²) >= 11 is 5.83. The fourth-order valence-electron chi connectivity index (χ4n) is 2.65. The lowest BCUT2D eigenvalue weighted by atomic mass is 10.00. The van der Waals surface area contributed by atoms with E-state index in [0.717, 1.165) is 18.2 Å². The lowest BCUT2D eigenvalue weighted by Crippen LogP contribution is -2.30. The Labute approximate surface area is 135 Å². The van der Waals surface area contributed by atoms with Gasteiger partial charge in [0.1, 0.15) is 17.7 Å². The van der Waals surface area contributed by atoms with Crippen LogP contribution in [0, 0.1) is 11.6 Å². The van der Waals surface area contributed by atoms with E-state index in [0.29, 0.717) is 10.7 Å². The van der Waals surface area contributed by atoms with Gasteiger partial charge < -0.3 is 9.84 Å². The second kappa shape index (κ2) is 6.14. The topological polar surface area (TPSA) is 49.8 Å². The number of aliphatic hydroxyl groups excluding tert-OH is 1. The first-order valence-electron chi connectivity index (χ1n) is 6.82. The average Bonchev–Trinajstić information content (AvgIpc) is 2.84. The summed E-state index contributed by atoms with van der Waals surface area (Å²) in [7, 11) is 0. The Morgan fingerprint density at radius 1 is 1.13 bits per heavy atom. The number of rotatable bonds is 3. The molecular formula is C16H12ClF2NO3. The first kappa shape index (κ1) is 15.7. The largest absolute Gasteiger partial charge is 0.441 e. The van der Waals surface area contributed by atoms with Gasteiger partial charge in [-0.2, -0.15) is 0 Å². The summed E-state index contributed by atoms with van der Waals surface area (Å²) in [5.41, 5.74) is 0.646. The second-order valence-corrected chi connectivity index (χ2v) is 5.54. The van der Waals surface area contributed by atoms with E-state index < -0.39 is 36.5 Å². The zero-order valence-electron chi connectivity index (χ0n) is 11.7. The number of carbonyl (C=O) groups excluding carboxylic acids is 1. The van der Waals surface area contributed by atoms with Crippen molar-refractivity contribution in [2.24, 2.45) is 0 Å². The minimum absolute atomic E-state index is 0.197. The Hall–Kier alpha value is -2.18. The van der Waals surface area contributed by atoms with Gasteiger partial charge in [0.2, 0.25) is 0 Å². The van der Waals surface area contributed by atoms with Gasteiger partial charge in [-0.05, 0) is 42.0 Å². The molecule has 1 heterocycles. The number of aliphatic hydroxyl groups is 1. The van der Waals surface area contributed by atoms with Gasteiger partial charge in [0, 0.05) is 16.8 Å². The molecule has 7 heteroatoms. The van der Waals surface area contributed by atoms with Crippen molar-refractivity contribution >= 4 is 23.4 Å². The molecule has 1 aliphatic heterocycles. The van der Waals surface area contributed by atoms with Crippen LogP contribution in [0.2, 0.25) is 5.02 Å². The molecule has 2 atom stereocenters. The third-order valence-electron chi connectivity index (χ3n) is 3.59. The maximum atomic E-state index is 13.5. The predicted molar refractivity (Wildman–Crippen MR) is 80.4 cm³/mol. The van der Waals surface area contributed by atoms with Crippen LogP contribution in [-0.4, -0.2) is 23.9 Å². The molecule has 120 valence electrons. The molecular weight excluding hydrogens is 328 g/mol. The number of amides is 1. The summed E-state index contributed by atoms with van der Waals surface area (Å²) in [6.07, 6.45) is -1.64. The van der Waals surface area contributed by atoms with E-state index in [1.807, 2.05) is 0 Å². The Balaban J connectivity index is 2.08. The van der Waals surface area contributed by atoms with Crippen molar-refractivity contribution in [3.8, 4) is 0 Å². The van der Waals surface area contributed by atoms with Crippen molar-refractivity contribution in [3.63, 3.8) is 0 Å². The minimum atomic E-state index is -0.931. The molecule has 0 bridgehead atoms. The van der Waals surface area contributed by atoms with Crippen LogP contribution in [0.15, 0.2) is 42.5 Å². The Morgan fingerprint density at radius 3 is 2.30 bits per heavy atom. The van der Waals surface area contributed by atoms with Crippen molar-refractivity contribution < 1.29 is 23.4 Å². The summed E-state index contributed by atoms with van der Waals surface area (Å²) in [6.45, 7) is -0.474. The third kappa shape index (κ3) is 3.00. The van der Waals surface area contributed by atoms with Gasteiger partial charge in [0.25, 0.3) is 0 Å². The smallest absolute Gasteiger partial charge is 0.415 e. The molecule has 1 aliphatic rings. The molecule has 4 nitrogen and oxygen atoms in total. The van der Waals surface area contributed by atoms with E-state index in [9.17, 15) is 18.7 Å². The molecule has 0 unspecified atom stereocenters. The number of anilines is 1. The molecule has 23 heavy (non-hydrogen) atoms. The van der Waals surface area contributed by atoms with Gasteiger partial charge in [-0.15, -0.1) is 0 Å². The molecule has 0 spiro atoms. The zero-order chi connectivity index (χ0) is 16.6. The first-order valence-corrected chi connectivity index (χ1v) is 7.19. The molecule has 2 aromatic carbocycles. The summed E-state index contributed by atoms with van der Waals surface area (Å²) in [5.74, 6) is -1.54. The fourth-order valence-corrected chi connectivity index (χ4v) is 2.77. The molecule has 0 saturated carbocycles. The number of nitrogens with zero attached hydrogens (tertiary/aromatic N) is 1. The third-order valence-corrected chi connectivity index (χ3v) is 3.84. The van der Waals surface area contributed by atoms with E-state index in [1.54, 1.807) is 24.3 Å². The molecule has 2 aromatic rings. The van der Waals surface area contributed by atoms with Crippen molar-refractivity contribution in [1.82, 2.24) is 0 Å². The highest BCUT2D eigenvalue weighted by molar-refractivity contribution is 6.30. The maximum Gasteiger partial charge on any atom is 0.415 e. The van der Waals surface area contributed by atoms with E-state index in [4.69, 9.17) is 16.3 Å². The quantitative estimate of drug-likeness (QED) is 0.928. The molecule has 0 aromatic heterocycles. The maximum absolute atomic E-state index is 13.5. The highest BCUT2D eigenvalue weighted by Crippen LogP contribution is 2.38. The molecule has 1 N–H and O–H groups in total. The zero-order valence-corrected chi connectivity index (χ0v) is 12.5. The SMILES string of the molecule is O=C1O[C@@H](CO)[C@H](c2cc(F)cc(F)c2)N1c1ccc(Cl)cc1.